The lowest BCUT2D eigenvalue weighted by molar-refractivity contribution is -0.0952. The number of carbonyl (C=O) groups is 1. The number of fused-ring (bicyclic) bond motifs is 1. The molecule has 6 nitrogen and oxygen atoms in total. The van der Waals surface area contributed by atoms with Gasteiger partial charge >= 0.3 is 0 Å². The predicted molar refractivity (Wildman–Crippen MR) is 75.1 cm³/mol. The second-order valence-electron chi connectivity index (χ2n) is 5.71. The van der Waals surface area contributed by atoms with Crippen molar-refractivity contribution in [3.8, 4) is 0 Å². The molecule has 0 N–H and O–H groups in total. The largest absolute Gasteiger partial charge is 0.379 e. The first-order chi connectivity index (χ1) is 10.2. The number of amides is 1. The first-order valence-electron chi connectivity index (χ1n) is 7.66. The van der Waals surface area contributed by atoms with Crippen molar-refractivity contribution in [1.29, 1.82) is 0 Å². The predicted octanol–water partition coefficient (Wildman–Crippen LogP) is 1.78. The molecular weight excluding hydrogens is 272 g/mol. The zero-order chi connectivity index (χ0) is 14.8. The molecule has 2 saturated heterocycles. The Morgan fingerprint density at radius 2 is 2.33 bits per heavy atom. The van der Waals surface area contributed by atoms with Crippen molar-refractivity contribution in [1.82, 2.24) is 10.1 Å². The third-order valence-corrected chi connectivity index (χ3v) is 4.25. The number of rotatable bonds is 4. The van der Waals surface area contributed by atoms with Crippen LogP contribution in [0, 0.1) is 6.92 Å². The number of nitrogens with zero attached hydrogens (tertiary/aromatic N) is 2. The van der Waals surface area contributed by atoms with E-state index in [9.17, 15) is 4.79 Å². The zero-order valence-electron chi connectivity index (χ0n) is 12.6. The van der Waals surface area contributed by atoms with E-state index in [2.05, 4.69) is 5.16 Å². The van der Waals surface area contributed by atoms with Gasteiger partial charge in [0.25, 0.3) is 5.91 Å². The molecule has 0 aliphatic carbocycles. The summed E-state index contributed by atoms with van der Waals surface area (Å²) in [6, 6.07) is 1.85. The van der Waals surface area contributed by atoms with Gasteiger partial charge in [-0.1, -0.05) is 5.16 Å². The van der Waals surface area contributed by atoms with Crippen LogP contribution in [0.25, 0.3) is 0 Å². The minimum Gasteiger partial charge on any atom is -0.379 e. The minimum atomic E-state index is -0.0498. The summed E-state index contributed by atoms with van der Waals surface area (Å²) < 4.78 is 16.5. The van der Waals surface area contributed by atoms with Crippen LogP contribution in [0.1, 0.15) is 42.4 Å². The van der Waals surface area contributed by atoms with Crippen molar-refractivity contribution in [2.75, 3.05) is 19.8 Å². The van der Waals surface area contributed by atoms with E-state index >= 15 is 0 Å². The maximum Gasteiger partial charge on any atom is 0.276 e. The maximum atomic E-state index is 12.5. The topological polar surface area (TPSA) is 64.8 Å². The Kier molecular flexibility index (Phi) is 4.26. The highest BCUT2D eigenvalue weighted by atomic mass is 16.5. The summed E-state index contributed by atoms with van der Waals surface area (Å²) in [5.74, 6) is 0.608. The molecular formula is C15H22N2O4. The standard InChI is InChI=1S/C15H22N2O4/c1-3-19-9-11-4-5-13-14(20-11)6-7-17(13)15(18)12-8-10(2)21-16-12/h8,11,13-14H,3-7,9H2,1-2H3/t11-,13-,14-/m0/s1. The van der Waals surface area contributed by atoms with Crippen molar-refractivity contribution in [2.45, 2.75) is 51.4 Å². The van der Waals surface area contributed by atoms with Crippen LogP contribution in [-0.4, -0.2) is 54.0 Å². The Balaban J connectivity index is 1.62. The summed E-state index contributed by atoms with van der Waals surface area (Å²) in [7, 11) is 0. The van der Waals surface area contributed by atoms with E-state index in [4.69, 9.17) is 14.0 Å². The van der Waals surface area contributed by atoms with Gasteiger partial charge in [0.15, 0.2) is 5.69 Å². The summed E-state index contributed by atoms with van der Waals surface area (Å²) in [5, 5.41) is 3.83. The average Bonchev–Trinajstić information content (AvgIpc) is 3.10. The van der Waals surface area contributed by atoms with Crippen LogP contribution in [-0.2, 0) is 9.47 Å². The van der Waals surface area contributed by atoms with E-state index in [0.29, 0.717) is 24.7 Å². The molecule has 0 radical (unpaired) electrons. The molecule has 2 fully saturated rings. The van der Waals surface area contributed by atoms with Gasteiger partial charge in [0.2, 0.25) is 0 Å². The van der Waals surface area contributed by atoms with Gasteiger partial charge in [-0.25, -0.2) is 0 Å². The first-order valence-corrected chi connectivity index (χ1v) is 7.66. The van der Waals surface area contributed by atoms with Crippen molar-refractivity contribution >= 4 is 5.91 Å². The molecule has 0 saturated carbocycles. The molecule has 2 aliphatic heterocycles. The fourth-order valence-corrected chi connectivity index (χ4v) is 3.24. The SMILES string of the molecule is CCOC[C@@H]1CC[C@H]2[C@H](CCN2C(=O)c2cc(C)on2)O1. The molecule has 1 aromatic rings. The summed E-state index contributed by atoms with van der Waals surface area (Å²) in [4.78, 5) is 14.4. The van der Waals surface area contributed by atoms with Crippen molar-refractivity contribution < 1.29 is 18.8 Å². The number of hydrogen-bond acceptors (Lipinski definition) is 5. The Hall–Kier alpha value is -1.40. The fraction of sp³-hybridized carbons (Fsp3) is 0.733. The van der Waals surface area contributed by atoms with Gasteiger partial charge in [-0.05, 0) is 33.1 Å². The lowest BCUT2D eigenvalue weighted by Gasteiger charge is -2.35. The second kappa shape index (κ2) is 6.15. The molecule has 6 heteroatoms. The summed E-state index contributed by atoms with van der Waals surface area (Å²) in [5.41, 5.74) is 0.393. The first kappa shape index (κ1) is 14.5. The normalized spacial score (nSPS) is 28.7. The Morgan fingerprint density at radius 3 is 3.05 bits per heavy atom. The van der Waals surface area contributed by atoms with Crippen molar-refractivity contribution in [3.05, 3.63) is 17.5 Å². The van der Waals surface area contributed by atoms with Crippen LogP contribution in [0.2, 0.25) is 0 Å². The van der Waals surface area contributed by atoms with E-state index < -0.39 is 0 Å². The molecule has 1 amide bonds. The van der Waals surface area contributed by atoms with Crippen LogP contribution in [0.3, 0.4) is 0 Å². The lowest BCUT2D eigenvalue weighted by atomic mass is 9.99. The van der Waals surface area contributed by atoms with Crippen molar-refractivity contribution in [3.63, 3.8) is 0 Å². The van der Waals surface area contributed by atoms with Gasteiger partial charge in [-0.15, -0.1) is 0 Å². The Morgan fingerprint density at radius 1 is 1.48 bits per heavy atom. The van der Waals surface area contributed by atoms with E-state index in [1.54, 1.807) is 13.0 Å². The summed E-state index contributed by atoms with van der Waals surface area (Å²) >= 11 is 0. The van der Waals surface area contributed by atoms with Crippen LogP contribution in [0.4, 0.5) is 0 Å². The van der Waals surface area contributed by atoms with E-state index in [0.717, 1.165) is 25.8 Å². The Labute approximate surface area is 124 Å². The third-order valence-electron chi connectivity index (χ3n) is 4.25. The van der Waals surface area contributed by atoms with E-state index in [-0.39, 0.29) is 24.2 Å². The van der Waals surface area contributed by atoms with Gasteiger partial charge in [-0.2, -0.15) is 0 Å². The molecule has 0 spiro atoms. The van der Waals surface area contributed by atoms with Crippen LogP contribution in [0.15, 0.2) is 10.6 Å². The molecule has 1 aromatic heterocycles. The summed E-state index contributed by atoms with van der Waals surface area (Å²) in [6.07, 6.45) is 3.07. The molecule has 0 aromatic carbocycles. The van der Waals surface area contributed by atoms with Crippen molar-refractivity contribution in [2.24, 2.45) is 0 Å². The second-order valence-corrected chi connectivity index (χ2v) is 5.71. The van der Waals surface area contributed by atoms with Gasteiger partial charge < -0.3 is 18.9 Å². The molecule has 21 heavy (non-hydrogen) atoms. The number of carbonyl (C=O) groups excluding carboxylic acids is 1. The monoisotopic (exact) mass is 294 g/mol. The van der Waals surface area contributed by atoms with Gasteiger partial charge in [0.05, 0.1) is 24.9 Å². The molecule has 0 unspecified atom stereocenters. The van der Waals surface area contributed by atoms with Crippen LogP contribution < -0.4 is 0 Å². The highest BCUT2D eigenvalue weighted by Crippen LogP contribution is 2.32. The van der Waals surface area contributed by atoms with Crippen LogP contribution in [0.5, 0.6) is 0 Å². The molecule has 3 heterocycles. The van der Waals surface area contributed by atoms with E-state index in [1.165, 1.54) is 0 Å². The number of hydrogen-bond donors (Lipinski definition) is 0. The highest BCUT2D eigenvalue weighted by Gasteiger charge is 2.42. The van der Waals surface area contributed by atoms with Gasteiger partial charge in [0, 0.05) is 19.2 Å². The molecule has 3 rings (SSSR count). The fourth-order valence-electron chi connectivity index (χ4n) is 3.24. The molecule has 116 valence electrons. The average molecular weight is 294 g/mol. The Bertz CT molecular complexity index is 502. The van der Waals surface area contributed by atoms with Crippen LogP contribution >= 0.6 is 0 Å². The maximum absolute atomic E-state index is 12.5. The number of aromatic nitrogens is 1. The number of likely N-dealkylation sites (tertiary alicyclic amines) is 1. The smallest absolute Gasteiger partial charge is 0.276 e. The number of ether oxygens (including phenoxy) is 2. The highest BCUT2D eigenvalue weighted by molar-refractivity contribution is 5.92. The third kappa shape index (κ3) is 2.96. The number of aryl methyl sites for hydroxylation is 1. The van der Waals surface area contributed by atoms with Gasteiger partial charge in [0.1, 0.15) is 5.76 Å². The van der Waals surface area contributed by atoms with Gasteiger partial charge in [-0.3, -0.25) is 4.79 Å². The molecule has 2 aliphatic rings. The minimum absolute atomic E-state index is 0.0498. The zero-order valence-corrected chi connectivity index (χ0v) is 12.6. The molecule has 0 bridgehead atoms. The molecule has 3 atom stereocenters. The lowest BCUT2D eigenvalue weighted by Crippen LogP contribution is -2.46. The quantitative estimate of drug-likeness (QED) is 0.847. The summed E-state index contributed by atoms with van der Waals surface area (Å²) in [6.45, 7) is 5.86. The van der Waals surface area contributed by atoms with E-state index in [1.807, 2.05) is 11.8 Å².